The van der Waals surface area contributed by atoms with E-state index >= 15 is 0 Å². The Morgan fingerprint density at radius 1 is 1.39 bits per heavy atom. The van der Waals surface area contributed by atoms with Crippen LogP contribution in [0.2, 0.25) is 0 Å². The van der Waals surface area contributed by atoms with E-state index in [-0.39, 0.29) is 11.7 Å². The number of aryl methyl sites for hydroxylation is 1. The van der Waals surface area contributed by atoms with Crippen LogP contribution in [0.4, 0.5) is 8.78 Å². The molecule has 0 bridgehead atoms. The van der Waals surface area contributed by atoms with Crippen molar-refractivity contribution in [2.45, 2.75) is 20.1 Å². The van der Waals surface area contributed by atoms with Crippen molar-refractivity contribution in [2.24, 2.45) is 0 Å². The second-order valence-corrected chi connectivity index (χ2v) is 5.90. The van der Waals surface area contributed by atoms with Crippen LogP contribution in [0.3, 0.4) is 0 Å². The van der Waals surface area contributed by atoms with Crippen LogP contribution in [0.5, 0.6) is 5.75 Å². The maximum absolute atomic E-state index is 12.1. The number of hydrogen-bond donors (Lipinski definition) is 0. The molecule has 0 radical (unpaired) electrons. The first-order chi connectivity index (χ1) is 10.9. The van der Waals surface area contributed by atoms with E-state index in [1.54, 1.807) is 25.3 Å². The fraction of sp³-hybridized carbons (Fsp3) is 0.250. The molecular formula is C16H16F2N2O2S. The molecule has 7 heteroatoms. The maximum atomic E-state index is 12.1. The number of carbonyl (C=O) groups is 1. The fourth-order valence-corrected chi connectivity index (χ4v) is 2.45. The predicted molar refractivity (Wildman–Crippen MR) is 85.4 cm³/mol. The third-order valence-corrected chi connectivity index (χ3v) is 3.77. The molecule has 0 unspecified atom stereocenters. The van der Waals surface area contributed by atoms with Gasteiger partial charge in [-0.2, -0.15) is 8.78 Å². The summed E-state index contributed by atoms with van der Waals surface area (Å²) < 4.78 is 28.4. The first-order valence-corrected chi connectivity index (χ1v) is 7.71. The average Bonchev–Trinajstić information content (AvgIpc) is 2.92. The van der Waals surface area contributed by atoms with E-state index in [0.717, 1.165) is 16.3 Å². The molecule has 0 fully saturated rings. The number of likely N-dealkylation sites (N-methyl/N-ethyl adjacent to an activating group) is 1. The molecule has 4 nitrogen and oxygen atoms in total. The van der Waals surface area contributed by atoms with Crippen LogP contribution >= 0.6 is 11.3 Å². The molecule has 1 heterocycles. The number of ether oxygens (including phenoxy) is 1. The zero-order valence-corrected chi connectivity index (χ0v) is 13.5. The molecule has 0 aliphatic rings. The van der Waals surface area contributed by atoms with Gasteiger partial charge >= 0.3 is 6.61 Å². The van der Waals surface area contributed by atoms with Crippen LogP contribution < -0.4 is 4.74 Å². The quantitative estimate of drug-likeness (QED) is 0.754. The van der Waals surface area contributed by atoms with Gasteiger partial charge in [-0.1, -0.05) is 12.1 Å². The number of nitrogens with zero attached hydrogens (tertiary/aromatic N) is 2. The lowest BCUT2D eigenvalue weighted by Crippen LogP contribution is -2.24. The van der Waals surface area contributed by atoms with Gasteiger partial charge in [0.1, 0.15) is 5.75 Å². The molecule has 1 amide bonds. The third kappa shape index (κ3) is 5.45. The summed E-state index contributed by atoms with van der Waals surface area (Å²) in [5.41, 5.74) is 1.57. The second kappa shape index (κ2) is 7.82. The summed E-state index contributed by atoms with van der Waals surface area (Å²) in [4.78, 5) is 17.8. The van der Waals surface area contributed by atoms with E-state index in [1.165, 1.54) is 34.4 Å². The van der Waals surface area contributed by atoms with E-state index in [9.17, 15) is 13.6 Å². The number of thiazole rings is 1. The zero-order valence-electron chi connectivity index (χ0n) is 12.7. The Morgan fingerprint density at radius 2 is 2.09 bits per heavy atom. The van der Waals surface area contributed by atoms with E-state index < -0.39 is 6.61 Å². The van der Waals surface area contributed by atoms with Gasteiger partial charge in [-0.25, -0.2) is 4.98 Å². The van der Waals surface area contributed by atoms with Gasteiger partial charge in [0.2, 0.25) is 5.91 Å². The highest BCUT2D eigenvalue weighted by molar-refractivity contribution is 7.09. The van der Waals surface area contributed by atoms with Crippen molar-refractivity contribution in [1.29, 1.82) is 0 Å². The van der Waals surface area contributed by atoms with Gasteiger partial charge in [-0.15, -0.1) is 11.3 Å². The molecule has 122 valence electrons. The van der Waals surface area contributed by atoms with Crippen molar-refractivity contribution >= 4 is 23.3 Å². The highest BCUT2D eigenvalue weighted by atomic mass is 32.1. The maximum Gasteiger partial charge on any atom is 0.387 e. The Hall–Kier alpha value is -2.28. The zero-order chi connectivity index (χ0) is 16.8. The Balaban J connectivity index is 1.91. The van der Waals surface area contributed by atoms with E-state index in [1.807, 2.05) is 12.3 Å². The molecule has 2 aromatic rings. The van der Waals surface area contributed by atoms with Gasteiger partial charge in [-0.3, -0.25) is 4.79 Å². The molecule has 1 aromatic carbocycles. The molecule has 0 aliphatic carbocycles. The Kier molecular flexibility index (Phi) is 5.81. The number of amides is 1. The van der Waals surface area contributed by atoms with E-state index in [2.05, 4.69) is 9.72 Å². The van der Waals surface area contributed by atoms with Crippen LogP contribution in [0.25, 0.3) is 6.08 Å². The van der Waals surface area contributed by atoms with Gasteiger partial charge in [0.15, 0.2) is 0 Å². The first-order valence-electron chi connectivity index (χ1n) is 6.83. The van der Waals surface area contributed by atoms with Gasteiger partial charge in [-0.05, 0) is 30.7 Å². The smallest absolute Gasteiger partial charge is 0.387 e. The van der Waals surface area contributed by atoms with Gasteiger partial charge in [0.25, 0.3) is 0 Å². The molecule has 0 aliphatic heterocycles. The van der Waals surface area contributed by atoms with Gasteiger partial charge in [0.05, 0.1) is 10.7 Å². The van der Waals surface area contributed by atoms with Crippen LogP contribution in [0.1, 0.15) is 16.3 Å². The molecule has 0 saturated heterocycles. The topological polar surface area (TPSA) is 42.4 Å². The molecule has 1 aromatic heterocycles. The molecular weight excluding hydrogens is 322 g/mol. The monoisotopic (exact) mass is 338 g/mol. The minimum absolute atomic E-state index is 0.0940. The fourth-order valence-electron chi connectivity index (χ4n) is 1.87. The van der Waals surface area contributed by atoms with Crippen molar-refractivity contribution in [3.63, 3.8) is 0 Å². The molecule has 0 saturated carbocycles. The minimum Gasteiger partial charge on any atom is -0.435 e. The van der Waals surface area contributed by atoms with E-state index in [4.69, 9.17) is 0 Å². The summed E-state index contributed by atoms with van der Waals surface area (Å²) >= 11 is 1.52. The normalized spacial score (nSPS) is 11.2. The standard InChI is InChI=1S/C16H16F2N2O2S/c1-11-19-13(10-23-11)5-8-15(21)20(2)9-12-3-6-14(7-4-12)22-16(17)18/h3-8,10,16H,9H2,1-2H3/b8-5+. The van der Waals surface area contributed by atoms with Crippen molar-refractivity contribution in [1.82, 2.24) is 9.88 Å². The Labute approximate surface area is 137 Å². The van der Waals surface area contributed by atoms with Crippen molar-refractivity contribution in [3.8, 4) is 5.75 Å². The molecule has 0 atom stereocenters. The third-order valence-electron chi connectivity index (χ3n) is 2.98. The summed E-state index contributed by atoms with van der Waals surface area (Å²) in [5.74, 6) is -0.0694. The van der Waals surface area contributed by atoms with Crippen LogP contribution in [0.15, 0.2) is 35.7 Å². The highest BCUT2D eigenvalue weighted by Crippen LogP contribution is 2.16. The molecule has 2 rings (SSSR count). The molecule has 0 N–H and O–H groups in total. The molecule has 23 heavy (non-hydrogen) atoms. The number of hydrogen-bond acceptors (Lipinski definition) is 4. The summed E-state index contributed by atoms with van der Waals surface area (Å²) in [7, 11) is 1.67. The average molecular weight is 338 g/mol. The van der Waals surface area contributed by atoms with Crippen molar-refractivity contribution in [3.05, 3.63) is 52.0 Å². The van der Waals surface area contributed by atoms with Crippen molar-refractivity contribution < 1.29 is 18.3 Å². The summed E-state index contributed by atoms with van der Waals surface area (Å²) in [6.45, 7) is -0.574. The van der Waals surface area contributed by atoms with Crippen LogP contribution in [-0.4, -0.2) is 29.5 Å². The molecule has 0 spiro atoms. The predicted octanol–water partition coefficient (Wildman–Crippen LogP) is 3.72. The van der Waals surface area contributed by atoms with E-state index in [0.29, 0.717) is 6.54 Å². The lowest BCUT2D eigenvalue weighted by molar-refractivity contribution is -0.125. The number of rotatable bonds is 6. The number of aromatic nitrogens is 1. The first kappa shape index (κ1) is 17.1. The minimum atomic E-state index is -2.84. The summed E-state index contributed by atoms with van der Waals surface area (Å²) in [6.07, 6.45) is 3.13. The SMILES string of the molecule is Cc1nc(/C=C/C(=O)N(C)Cc2ccc(OC(F)F)cc2)cs1. The highest BCUT2D eigenvalue weighted by Gasteiger charge is 2.08. The lowest BCUT2D eigenvalue weighted by atomic mass is 10.2. The number of carbonyl (C=O) groups excluding carboxylic acids is 1. The second-order valence-electron chi connectivity index (χ2n) is 4.84. The summed E-state index contributed by atoms with van der Waals surface area (Å²) in [6, 6.07) is 6.20. The van der Waals surface area contributed by atoms with Crippen molar-refractivity contribution in [2.75, 3.05) is 7.05 Å². The number of halogens is 2. The number of benzene rings is 1. The van der Waals surface area contributed by atoms with Gasteiger partial charge in [0, 0.05) is 25.0 Å². The summed E-state index contributed by atoms with van der Waals surface area (Å²) in [5, 5.41) is 2.82. The van der Waals surface area contributed by atoms with Crippen LogP contribution in [-0.2, 0) is 11.3 Å². The lowest BCUT2D eigenvalue weighted by Gasteiger charge is -2.15. The Bertz CT molecular complexity index is 684. The van der Waals surface area contributed by atoms with Crippen LogP contribution in [0, 0.1) is 6.92 Å². The van der Waals surface area contributed by atoms with Gasteiger partial charge < -0.3 is 9.64 Å². The Morgan fingerprint density at radius 3 is 2.65 bits per heavy atom. The number of alkyl halides is 2. The largest absolute Gasteiger partial charge is 0.435 e.